The van der Waals surface area contributed by atoms with E-state index >= 15 is 0 Å². The Morgan fingerprint density at radius 3 is 3.11 bits per heavy atom. The minimum Gasteiger partial charge on any atom is -0.382 e. The van der Waals surface area contributed by atoms with E-state index in [0.29, 0.717) is 18.7 Å². The number of aryl methyl sites for hydroxylation is 1. The molecule has 2 aromatic heterocycles. The zero-order valence-corrected chi connectivity index (χ0v) is 11.4. The Bertz CT molecular complexity index is 579. The lowest BCUT2D eigenvalue weighted by molar-refractivity contribution is -0.116. The highest BCUT2D eigenvalue weighted by atomic mass is 16.5. The predicted molar refractivity (Wildman–Crippen MR) is 72.1 cm³/mol. The number of pyridine rings is 1. The molecule has 102 valence electrons. The molecule has 2 heterocycles. The Morgan fingerprint density at radius 2 is 2.37 bits per heavy atom. The largest absolute Gasteiger partial charge is 0.382 e. The predicted octanol–water partition coefficient (Wildman–Crippen LogP) is 1.79. The SMILES string of the molecule is COC(C)CCC(=O)Nc1ccn2nc(C)nc2c1. The molecule has 0 aliphatic heterocycles. The van der Waals surface area contributed by atoms with Crippen LogP contribution in [0.2, 0.25) is 0 Å². The van der Waals surface area contributed by atoms with Crippen LogP contribution < -0.4 is 5.32 Å². The fraction of sp³-hybridized carbons (Fsp3) is 0.462. The molecule has 2 aromatic rings. The second-order valence-corrected chi connectivity index (χ2v) is 4.51. The van der Waals surface area contributed by atoms with Crippen molar-refractivity contribution in [1.29, 1.82) is 0 Å². The van der Waals surface area contributed by atoms with Gasteiger partial charge in [0.05, 0.1) is 6.10 Å². The molecular weight excluding hydrogens is 244 g/mol. The second-order valence-electron chi connectivity index (χ2n) is 4.51. The van der Waals surface area contributed by atoms with Crippen molar-refractivity contribution in [2.45, 2.75) is 32.8 Å². The molecule has 2 rings (SSSR count). The molecule has 1 amide bonds. The lowest BCUT2D eigenvalue weighted by atomic mass is 10.2. The summed E-state index contributed by atoms with van der Waals surface area (Å²) >= 11 is 0. The maximum absolute atomic E-state index is 11.8. The number of nitrogens with one attached hydrogen (secondary N) is 1. The van der Waals surface area contributed by atoms with Gasteiger partial charge in [-0.2, -0.15) is 5.10 Å². The number of nitrogens with zero attached hydrogens (tertiary/aromatic N) is 3. The lowest BCUT2D eigenvalue weighted by Crippen LogP contribution is -2.15. The smallest absolute Gasteiger partial charge is 0.224 e. The number of ether oxygens (including phenoxy) is 1. The van der Waals surface area contributed by atoms with Gasteiger partial charge >= 0.3 is 0 Å². The average Bonchev–Trinajstić information content (AvgIpc) is 2.75. The summed E-state index contributed by atoms with van der Waals surface area (Å²) in [6.45, 7) is 3.77. The molecule has 19 heavy (non-hydrogen) atoms. The molecule has 0 saturated carbocycles. The summed E-state index contributed by atoms with van der Waals surface area (Å²) in [7, 11) is 1.64. The number of fused-ring (bicyclic) bond motifs is 1. The third-order valence-corrected chi connectivity index (χ3v) is 2.91. The molecule has 0 aromatic carbocycles. The average molecular weight is 262 g/mol. The van der Waals surface area contributed by atoms with Crippen LogP contribution in [0.25, 0.3) is 5.65 Å². The van der Waals surface area contributed by atoms with Crippen LogP contribution in [0.1, 0.15) is 25.6 Å². The Labute approximate surface area is 111 Å². The lowest BCUT2D eigenvalue weighted by Gasteiger charge is -2.09. The molecule has 0 fully saturated rings. The normalized spacial score (nSPS) is 12.6. The molecule has 1 unspecified atom stereocenters. The Kier molecular flexibility index (Phi) is 4.11. The monoisotopic (exact) mass is 262 g/mol. The first kappa shape index (κ1) is 13.5. The fourth-order valence-electron chi connectivity index (χ4n) is 1.75. The van der Waals surface area contributed by atoms with Crippen LogP contribution in [0, 0.1) is 6.92 Å². The zero-order chi connectivity index (χ0) is 13.8. The molecule has 1 N–H and O–H groups in total. The van der Waals surface area contributed by atoms with Crippen LogP contribution in [0.15, 0.2) is 18.3 Å². The Morgan fingerprint density at radius 1 is 1.58 bits per heavy atom. The van der Waals surface area contributed by atoms with E-state index in [0.717, 1.165) is 11.3 Å². The van der Waals surface area contributed by atoms with Gasteiger partial charge < -0.3 is 10.1 Å². The van der Waals surface area contributed by atoms with Crippen molar-refractivity contribution in [3.63, 3.8) is 0 Å². The van der Waals surface area contributed by atoms with E-state index in [-0.39, 0.29) is 12.0 Å². The highest BCUT2D eigenvalue weighted by molar-refractivity contribution is 5.91. The van der Waals surface area contributed by atoms with Crippen LogP contribution in [-0.4, -0.2) is 33.7 Å². The minimum atomic E-state index is -0.0236. The fourth-order valence-corrected chi connectivity index (χ4v) is 1.75. The number of carbonyl (C=O) groups is 1. The molecule has 6 heteroatoms. The van der Waals surface area contributed by atoms with Gasteiger partial charge in [-0.05, 0) is 26.3 Å². The number of amides is 1. The quantitative estimate of drug-likeness (QED) is 0.892. The summed E-state index contributed by atoms with van der Waals surface area (Å²) in [4.78, 5) is 16.0. The van der Waals surface area contributed by atoms with E-state index in [1.165, 1.54) is 0 Å². The van der Waals surface area contributed by atoms with Crippen LogP contribution in [0.3, 0.4) is 0 Å². The van der Waals surface area contributed by atoms with E-state index in [9.17, 15) is 4.79 Å². The van der Waals surface area contributed by atoms with E-state index in [1.54, 1.807) is 30.0 Å². The van der Waals surface area contributed by atoms with Crippen molar-refractivity contribution >= 4 is 17.2 Å². The molecular formula is C13H18N4O2. The zero-order valence-electron chi connectivity index (χ0n) is 11.4. The molecule has 1 atom stereocenters. The van der Waals surface area contributed by atoms with Crippen LogP contribution in [-0.2, 0) is 9.53 Å². The van der Waals surface area contributed by atoms with Crippen molar-refractivity contribution in [3.05, 3.63) is 24.2 Å². The Balaban J connectivity index is 1.98. The molecule has 0 aliphatic carbocycles. The van der Waals surface area contributed by atoms with E-state index < -0.39 is 0 Å². The van der Waals surface area contributed by atoms with Gasteiger partial charge in [0, 0.05) is 31.5 Å². The van der Waals surface area contributed by atoms with Gasteiger partial charge in [-0.15, -0.1) is 0 Å². The number of aromatic nitrogens is 3. The van der Waals surface area contributed by atoms with E-state index in [2.05, 4.69) is 15.4 Å². The van der Waals surface area contributed by atoms with Crippen molar-refractivity contribution in [2.24, 2.45) is 0 Å². The summed E-state index contributed by atoms with van der Waals surface area (Å²) in [6.07, 6.45) is 3.01. The highest BCUT2D eigenvalue weighted by Gasteiger charge is 2.07. The number of methoxy groups -OCH3 is 1. The molecule has 6 nitrogen and oxygen atoms in total. The van der Waals surface area contributed by atoms with Crippen LogP contribution in [0.5, 0.6) is 0 Å². The molecule has 0 saturated heterocycles. The maximum atomic E-state index is 11.8. The Hall–Kier alpha value is -1.95. The molecule has 0 spiro atoms. The van der Waals surface area contributed by atoms with Gasteiger partial charge in [0.2, 0.25) is 5.91 Å². The maximum Gasteiger partial charge on any atom is 0.224 e. The molecule has 0 bridgehead atoms. The van der Waals surface area contributed by atoms with Gasteiger partial charge in [-0.25, -0.2) is 9.50 Å². The molecule has 0 aliphatic rings. The van der Waals surface area contributed by atoms with Crippen molar-refractivity contribution in [3.8, 4) is 0 Å². The van der Waals surface area contributed by atoms with Crippen molar-refractivity contribution in [2.75, 3.05) is 12.4 Å². The minimum absolute atomic E-state index is 0.0236. The third kappa shape index (κ3) is 3.51. The first-order valence-corrected chi connectivity index (χ1v) is 6.24. The van der Waals surface area contributed by atoms with Gasteiger partial charge in [0.25, 0.3) is 0 Å². The summed E-state index contributed by atoms with van der Waals surface area (Å²) in [5.74, 6) is 0.682. The number of anilines is 1. The van der Waals surface area contributed by atoms with Gasteiger partial charge in [-0.3, -0.25) is 4.79 Å². The van der Waals surface area contributed by atoms with Gasteiger partial charge in [-0.1, -0.05) is 0 Å². The van der Waals surface area contributed by atoms with Crippen molar-refractivity contribution < 1.29 is 9.53 Å². The van der Waals surface area contributed by atoms with Crippen LogP contribution in [0.4, 0.5) is 5.69 Å². The van der Waals surface area contributed by atoms with Gasteiger partial charge in [0.1, 0.15) is 5.82 Å². The highest BCUT2D eigenvalue weighted by Crippen LogP contribution is 2.11. The first-order chi connectivity index (χ1) is 9.08. The standard InChI is InChI=1S/C13H18N4O2/c1-9(19-3)4-5-13(18)15-11-6-7-17-12(8-11)14-10(2)16-17/h6-9H,4-5H2,1-3H3,(H,15,18). The van der Waals surface area contributed by atoms with Crippen LogP contribution >= 0.6 is 0 Å². The van der Waals surface area contributed by atoms with Crippen molar-refractivity contribution in [1.82, 2.24) is 14.6 Å². The van der Waals surface area contributed by atoms with Gasteiger partial charge in [0.15, 0.2) is 5.65 Å². The summed E-state index contributed by atoms with van der Waals surface area (Å²) in [5, 5.41) is 7.03. The summed E-state index contributed by atoms with van der Waals surface area (Å²) in [6, 6.07) is 3.61. The number of carbonyl (C=O) groups excluding carboxylic acids is 1. The number of hydrogen-bond donors (Lipinski definition) is 1. The summed E-state index contributed by atoms with van der Waals surface area (Å²) < 4.78 is 6.79. The summed E-state index contributed by atoms with van der Waals surface area (Å²) in [5.41, 5.74) is 1.45. The topological polar surface area (TPSA) is 68.5 Å². The van der Waals surface area contributed by atoms with E-state index in [4.69, 9.17) is 4.74 Å². The first-order valence-electron chi connectivity index (χ1n) is 6.24. The number of rotatable bonds is 5. The third-order valence-electron chi connectivity index (χ3n) is 2.91. The molecule has 0 radical (unpaired) electrons. The van der Waals surface area contributed by atoms with E-state index in [1.807, 2.05) is 13.8 Å². The second kappa shape index (κ2) is 5.79. The number of hydrogen-bond acceptors (Lipinski definition) is 4.